The summed E-state index contributed by atoms with van der Waals surface area (Å²) in [5.41, 5.74) is 1.27. The van der Waals surface area contributed by atoms with Crippen LogP contribution in [0, 0.1) is 0 Å². The van der Waals surface area contributed by atoms with Crippen LogP contribution in [0.3, 0.4) is 0 Å². The van der Waals surface area contributed by atoms with Gasteiger partial charge in [0.15, 0.2) is 0 Å². The van der Waals surface area contributed by atoms with Crippen molar-refractivity contribution in [3.63, 3.8) is 0 Å². The minimum absolute atomic E-state index is 0.0955. The van der Waals surface area contributed by atoms with E-state index in [1.54, 1.807) is 7.05 Å². The van der Waals surface area contributed by atoms with E-state index in [1.807, 2.05) is 6.07 Å². The topological polar surface area (TPSA) is 35.6 Å². The Hall–Kier alpha value is -1.55. The van der Waals surface area contributed by atoms with Crippen molar-refractivity contribution in [3.8, 4) is 0 Å². The summed E-state index contributed by atoms with van der Waals surface area (Å²) in [6.45, 7) is 4.38. The predicted octanol–water partition coefficient (Wildman–Crippen LogP) is 0.555. The first-order valence-corrected chi connectivity index (χ1v) is 6.02. The van der Waals surface area contributed by atoms with Crippen LogP contribution in [0.1, 0.15) is 0 Å². The monoisotopic (exact) mass is 233 g/mol. The highest BCUT2D eigenvalue weighted by molar-refractivity contribution is 5.77. The third kappa shape index (κ3) is 3.20. The summed E-state index contributed by atoms with van der Waals surface area (Å²) in [5, 5.41) is 2.66. The van der Waals surface area contributed by atoms with Crippen LogP contribution < -0.4 is 10.2 Å². The molecule has 0 atom stereocenters. The van der Waals surface area contributed by atoms with Crippen molar-refractivity contribution in [3.05, 3.63) is 30.3 Å². The largest absolute Gasteiger partial charge is 0.369 e. The van der Waals surface area contributed by atoms with Crippen molar-refractivity contribution in [2.45, 2.75) is 0 Å². The summed E-state index contributed by atoms with van der Waals surface area (Å²) in [6, 6.07) is 10.4. The van der Waals surface area contributed by atoms with Crippen molar-refractivity contribution >= 4 is 11.6 Å². The molecule has 1 fully saturated rings. The molecule has 0 bridgehead atoms. The number of rotatable bonds is 3. The Morgan fingerprint density at radius 1 is 1.18 bits per heavy atom. The van der Waals surface area contributed by atoms with E-state index in [-0.39, 0.29) is 5.91 Å². The van der Waals surface area contributed by atoms with Gasteiger partial charge in [-0.2, -0.15) is 0 Å². The maximum absolute atomic E-state index is 11.3. The zero-order valence-corrected chi connectivity index (χ0v) is 10.2. The fraction of sp³-hybridized carbons (Fsp3) is 0.462. The van der Waals surface area contributed by atoms with Crippen molar-refractivity contribution in [2.75, 3.05) is 44.7 Å². The average molecular weight is 233 g/mol. The Labute approximate surface area is 102 Å². The molecule has 17 heavy (non-hydrogen) atoms. The number of hydrogen-bond acceptors (Lipinski definition) is 3. The minimum atomic E-state index is 0.0955. The number of piperazine rings is 1. The Balaban J connectivity index is 1.84. The molecule has 0 radical (unpaired) electrons. The van der Waals surface area contributed by atoms with Gasteiger partial charge < -0.3 is 10.2 Å². The number of hydrogen-bond donors (Lipinski definition) is 1. The molecule has 1 heterocycles. The van der Waals surface area contributed by atoms with Crippen LogP contribution in [0.4, 0.5) is 5.69 Å². The second-order valence-electron chi connectivity index (χ2n) is 4.27. The molecule has 1 N–H and O–H groups in total. The molecule has 1 aromatic carbocycles. The van der Waals surface area contributed by atoms with E-state index < -0.39 is 0 Å². The van der Waals surface area contributed by atoms with Crippen LogP contribution in [0.25, 0.3) is 0 Å². The second kappa shape index (κ2) is 5.68. The fourth-order valence-electron chi connectivity index (χ4n) is 2.09. The first-order valence-electron chi connectivity index (χ1n) is 6.02. The van der Waals surface area contributed by atoms with Crippen LogP contribution in [-0.2, 0) is 4.79 Å². The zero-order valence-electron chi connectivity index (χ0n) is 10.2. The minimum Gasteiger partial charge on any atom is -0.369 e. The summed E-state index contributed by atoms with van der Waals surface area (Å²) < 4.78 is 0. The van der Waals surface area contributed by atoms with Crippen molar-refractivity contribution in [1.29, 1.82) is 0 Å². The van der Waals surface area contributed by atoms with Crippen LogP contribution in [-0.4, -0.2) is 50.6 Å². The molecule has 1 aromatic rings. The Bertz CT molecular complexity index is 358. The maximum atomic E-state index is 11.3. The number of likely N-dealkylation sites (N-methyl/N-ethyl adjacent to an activating group) is 1. The Morgan fingerprint density at radius 2 is 1.82 bits per heavy atom. The molecule has 92 valence electrons. The Morgan fingerprint density at radius 3 is 2.41 bits per heavy atom. The summed E-state index contributed by atoms with van der Waals surface area (Å²) in [6.07, 6.45) is 0. The second-order valence-corrected chi connectivity index (χ2v) is 4.27. The predicted molar refractivity (Wildman–Crippen MR) is 69.2 cm³/mol. The number of nitrogens with one attached hydrogen (secondary N) is 1. The van der Waals surface area contributed by atoms with Crippen molar-refractivity contribution < 1.29 is 4.79 Å². The third-order valence-electron chi connectivity index (χ3n) is 3.14. The van der Waals surface area contributed by atoms with Crippen molar-refractivity contribution in [1.82, 2.24) is 10.2 Å². The van der Waals surface area contributed by atoms with Gasteiger partial charge in [0.25, 0.3) is 0 Å². The molecule has 2 rings (SSSR count). The fourth-order valence-corrected chi connectivity index (χ4v) is 2.09. The van der Waals surface area contributed by atoms with Crippen LogP contribution >= 0.6 is 0 Å². The van der Waals surface area contributed by atoms with Gasteiger partial charge in [-0.1, -0.05) is 18.2 Å². The standard InChI is InChI=1S/C13H19N3O/c1-14-13(17)11-15-7-9-16(10-8-15)12-5-3-2-4-6-12/h2-6H,7-11H2,1H3,(H,14,17). The van der Waals surface area contributed by atoms with E-state index in [4.69, 9.17) is 0 Å². The highest BCUT2D eigenvalue weighted by Gasteiger charge is 2.18. The molecule has 1 amide bonds. The number of carbonyl (C=O) groups is 1. The van der Waals surface area contributed by atoms with Gasteiger partial charge in [0.05, 0.1) is 6.54 Å². The summed E-state index contributed by atoms with van der Waals surface area (Å²) in [5.74, 6) is 0.0955. The van der Waals surface area contributed by atoms with Gasteiger partial charge in [0.1, 0.15) is 0 Å². The zero-order chi connectivity index (χ0) is 12.1. The van der Waals surface area contributed by atoms with E-state index in [2.05, 4.69) is 39.4 Å². The third-order valence-corrected chi connectivity index (χ3v) is 3.14. The molecule has 0 spiro atoms. The first kappa shape index (κ1) is 11.9. The van der Waals surface area contributed by atoms with E-state index >= 15 is 0 Å². The van der Waals surface area contributed by atoms with Gasteiger partial charge in [0, 0.05) is 38.9 Å². The number of para-hydroxylation sites is 1. The Kier molecular flexibility index (Phi) is 3.98. The molecule has 4 nitrogen and oxygen atoms in total. The van der Waals surface area contributed by atoms with Crippen LogP contribution in [0.5, 0.6) is 0 Å². The van der Waals surface area contributed by atoms with E-state index in [1.165, 1.54) is 5.69 Å². The van der Waals surface area contributed by atoms with Gasteiger partial charge in [-0.15, -0.1) is 0 Å². The molecular weight excluding hydrogens is 214 g/mol. The van der Waals surface area contributed by atoms with Gasteiger partial charge in [-0.05, 0) is 12.1 Å². The maximum Gasteiger partial charge on any atom is 0.233 e. The average Bonchev–Trinajstić information content (AvgIpc) is 2.40. The molecule has 0 aliphatic carbocycles. The summed E-state index contributed by atoms with van der Waals surface area (Å²) in [7, 11) is 1.68. The highest BCUT2D eigenvalue weighted by atomic mass is 16.1. The lowest BCUT2D eigenvalue weighted by molar-refractivity contribution is -0.121. The molecule has 0 aromatic heterocycles. The number of carbonyl (C=O) groups excluding carboxylic acids is 1. The van der Waals surface area contributed by atoms with Crippen LogP contribution in [0.15, 0.2) is 30.3 Å². The van der Waals surface area contributed by atoms with E-state index in [9.17, 15) is 4.79 Å². The lowest BCUT2D eigenvalue weighted by atomic mass is 10.2. The molecule has 0 saturated carbocycles. The molecule has 0 unspecified atom stereocenters. The van der Waals surface area contributed by atoms with E-state index in [0.29, 0.717) is 6.54 Å². The number of nitrogens with zero attached hydrogens (tertiary/aromatic N) is 2. The molecule has 1 aliphatic heterocycles. The van der Waals surface area contributed by atoms with Gasteiger partial charge >= 0.3 is 0 Å². The summed E-state index contributed by atoms with van der Waals surface area (Å²) >= 11 is 0. The molecular formula is C13H19N3O. The quantitative estimate of drug-likeness (QED) is 0.828. The smallest absolute Gasteiger partial charge is 0.233 e. The molecule has 4 heteroatoms. The first-order chi connectivity index (χ1) is 8.29. The lowest BCUT2D eigenvalue weighted by Gasteiger charge is -2.35. The number of benzene rings is 1. The SMILES string of the molecule is CNC(=O)CN1CCN(c2ccccc2)CC1. The van der Waals surface area contributed by atoms with E-state index in [0.717, 1.165) is 26.2 Å². The van der Waals surface area contributed by atoms with Crippen molar-refractivity contribution in [2.24, 2.45) is 0 Å². The normalized spacial score (nSPS) is 16.9. The number of anilines is 1. The lowest BCUT2D eigenvalue weighted by Crippen LogP contribution is -2.49. The molecule has 1 saturated heterocycles. The number of amides is 1. The van der Waals surface area contributed by atoms with Gasteiger partial charge in [-0.25, -0.2) is 0 Å². The summed E-state index contributed by atoms with van der Waals surface area (Å²) in [4.78, 5) is 15.8. The van der Waals surface area contributed by atoms with Gasteiger partial charge in [-0.3, -0.25) is 9.69 Å². The molecule has 1 aliphatic rings. The van der Waals surface area contributed by atoms with Crippen LogP contribution in [0.2, 0.25) is 0 Å². The van der Waals surface area contributed by atoms with Gasteiger partial charge in [0.2, 0.25) is 5.91 Å². The highest BCUT2D eigenvalue weighted by Crippen LogP contribution is 2.15.